The Morgan fingerprint density at radius 1 is 1.21 bits per heavy atom. The van der Waals surface area contributed by atoms with Crippen molar-refractivity contribution in [2.24, 2.45) is 0 Å². The maximum atomic E-state index is 12.8. The number of hydrogen-bond acceptors (Lipinski definition) is 4. The van der Waals surface area contributed by atoms with Crippen LogP contribution < -0.4 is 0 Å². The molecule has 3 atom stereocenters. The number of methoxy groups -OCH3 is 1. The van der Waals surface area contributed by atoms with Gasteiger partial charge in [0, 0.05) is 0 Å². The number of terminal acetylenes is 1. The summed E-state index contributed by atoms with van der Waals surface area (Å²) in [6.45, 7) is 15.2. The Morgan fingerprint density at radius 2 is 1.64 bits per heavy atom. The Labute approximate surface area is 168 Å². The van der Waals surface area contributed by atoms with E-state index in [1.165, 1.54) is 27.0 Å². The zero-order valence-electron chi connectivity index (χ0n) is 18.3. The fourth-order valence-corrected chi connectivity index (χ4v) is 1.62. The van der Waals surface area contributed by atoms with Crippen molar-refractivity contribution < 1.29 is 32.9 Å². The Hall–Kier alpha value is -1.91. The number of aliphatic hydroxyl groups excluding tert-OH is 2. The average Bonchev–Trinajstić information content (AvgIpc) is 2.69. The summed E-state index contributed by atoms with van der Waals surface area (Å²) in [6, 6.07) is 0. The first-order valence-corrected chi connectivity index (χ1v) is 8.85. The van der Waals surface area contributed by atoms with Gasteiger partial charge in [-0.2, -0.15) is 8.78 Å². The van der Waals surface area contributed by atoms with Gasteiger partial charge in [-0.15, -0.1) is 12.8 Å². The summed E-state index contributed by atoms with van der Waals surface area (Å²) in [6.07, 6.45) is 5.34. The zero-order chi connectivity index (χ0) is 23.5. The lowest BCUT2D eigenvalue weighted by Gasteiger charge is -2.21. The van der Waals surface area contributed by atoms with Crippen LogP contribution in [-0.4, -0.2) is 48.2 Å². The van der Waals surface area contributed by atoms with Crippen molar-refractivity contribution in [2.75, 3.05) is 13.7 Å². The van der Waals surface area contributed by atoms with E-state index in [1.54, 1.807) is 20.8 Å². The highest BCUT2D eigenvalue weighted by molar-refractivity contribution is 5.09. The minimum absolute atomic E-state index is 0.132. The summed E-state index contributed by atoms with van der Waals surface area (Å²) >= 11 is 0. The van der Waals surface area contributed by atoms with Gasteiger partial charge in [0.2, 0.25) is 0 Å². The fourth-order valence-electron chi connectivity index (χ4n) is 1.62. The second-order valence-corrected chi connectivity index (χ2v) is 5.10. The van der Waals surface area contributed by atoms with Gasteiger partial charge in [0.1, 0.15) is 23.8 Å². The van der Waals surface area contributed by atoms with Gasteiger partial charge in [-0.05, 0) is 52.3 Å². The molecule has 0 radical (unpaired) electrons. The van der Waals surface area contributed by atoms with Crippen LogP contribution in [0.15, 0.2) is 35.8 Å². The quantitative estimate of drug-likeness (QED) is 0.335. The largest absolute Gasteiger partial charge is 0.498 e. The van der Waals surface area contributed by atoms with Crippen LogP contribution in [0.2, 0.25) is 0 Å². The molecule has 0 aliphatic carbocycles. The molecular formula is C21H37F3O4. The van der Waals surface area contributed by atoms with Gasteiger partial charge < -0.3 is 19.7 Å². The minimum atomic E-state index is -3.35. The summed E-state index contributed by atoms with van der Waals surface area (Å²) in [4.78, 5) is 0. The molecule has 3 unspecified atom stereocenters. The third-order valence-electron chi connectivity index (χ3n) is 2.92. The molecule has 0 aliphatic heterocycles. The van der Waals surface area contributed by atoms with Gasteiger partial charge in [-0.3, -0.25) is 0 Å². The van der Waals surface area contributed by atoms with Crippen LogP contribution in [0.1, 0.15) is 48.5 Å². The summed E-state index contributed by atoms with van der Waals surface area (Å²) in [5.41, 5.74) is 0.796. The molecule has 0 aliphatic rings. The number of alkyl halides is 3. The topological polar surface area (TPSA) is 58.9 Å². The van der Waals surface area contributed by atoms with Gasteiger partial charge in [0.05, 0.1) is 13.7 Å². The molecule has 4 nitrogen and oxygen atoms in total. The van der Waals surface area contributed by atoms with Gasteiger partial charge in [-0.25, -0.2) is 4.39 Å². The molecule has 0 bridgehead atoms. The molecule has 0 fully saturated rings. The minimum Gasteiger partial charge on any atom is -0.498 e. The fraction of sp³-hybridized carbons (Fsp3) is 0.619. The maximum absolute atomic E-state index is 12.8. The molecule has 0 aromatic heterocycles. The molecule has 28 heavy (non-hydrogen) atoms. The Kier molecular flexibility index (Phi) is 23.8. The van der Waals surface area contributed by atoms with Crippen LogP contribution >= 0.6 is 0 Å². The lowest BCUT2D eigenvalue weighted by Crippen LogP contribution is -2.33. The van der Waals surface area contributed by atoms with Gasteiger partial charge >= 0.3 is 0 Å². The predicted octanol–water partition coefficient (Wildman–Crippen LogP) is 5.03. The second kappa shape index (κ2) is 19.8. The van der Waals surface area contributed by atoms with Crippen LogP contribution in [0.3, 0.4) is 0 Å². The Morgan fingerprint density at radius 3 is 1.82 bits per heavy atom. The van der Waals surface area contributed by atoms with Gasteiger partial charge in [-0.1, -0.05) is 20.4 Å². The maximum Gasteiger partial charge on any atom is 0.298 e. The highest BCUT2D eigenvalue weighted by Crippen LogP contribution is 2.25. The summed E-state index contributed by atoms with van der Waals surface area (Å²) in [5.74, 6) is -3.16. The van der Waals surface area contributed by atoms with Crippen LogP contribution in [0.25, 0.3) is 0 Å². The first kappa shape index (κ1) is 33.7. The van der Waals surface area contributed by atoms with Gasteiger partial charge in [0.15, 0.2) is 6.10 Å². The standard InChI is InChI=1S/C9H14F2O2.C8H15FO2.C2H6.C2H2/c1-4-7(13-6-3)8(12)9(10,11)5-2;1-5(2)8(11-4)7(10)6(3)9;2*1-2/h4-5,8,12H,2,6H2,1,3H3;6-7,10H,1-4H3;1-2H3;1-2H/b7-4-;;;. The molecule has 0 saturated heterocycles. The first-order valence-electron chi connectivity index (χ1n) is 8.85. The molecule has 0 aromatic carbocycles. The Bertz CT molecular complexity index is 466. The van der Waals surface area contributed by atoms with E-state index in [4.69, 9.17) is 14.6 Å². The summed E-state index contributed by atoms with van der Waals surface area (Å²) < 4.78 is 47.8. The number of allylic oxidation sites excluding steroid dienone is 2. The lowest BCUT2D eigenvalue weighted by atomic mass is 10.1. The molecule has 7 heteroatoms. The molecule has 0 saturated carbocycles. The van der Waals surface area contributed by atoms with Crippen molar-refractivity contribution in [2.45, 2.75) is 72.8 Å². The molecule has 0 heterocycles. The van der Waals surface area contributed by atoms with Crippen molar-refractivity contribution in [1.29, 1.82) is 0 Å². The van der Waals surface area contributed by atoms with E-state index in [-0.39, 0.29) is 12.4 Å². The van der Waals surface area contributed by atoms with Gasteiger partial charge in [0.25, 0.3) is 5.92 Å². The third-order valence-corrected chi connectivity index (χ3v) is 2.92. The van der Waals surface area contributed by atoms with E-state index >= 15 is 0 Å². The van der Waals surface area contributed by atoms with E-state index in [0.717, 1.165) is 5.57 Å². The van der Waals surface area contributed by atoms with E-state index in [0.29, 0.717) is 11.8 Å². The van der Waals surface area contributed by atoms with Crippen LogP contribution in [0.4, 0.5) is 13.2 Å². The van der Waals surface area contributed by atoms with Crippen molar-refractivity contribution in [3.05, 3.63) is 35.8 Å². The monoisotopic (exact) mass is 410 g/mol. The molecule has 0 amide bonds. The highest BCUT2D eigenvalue weighted by Gasteiger charge is 2.38. The smallest absolute Gasteiger partial charge is 0.298 e. The van der Waals surface area contributed by atoms with E-state index in [2.05, 4.69) is 19.4 Å². The van der Waals surface area contributed by atoms with Crippen LogP contribution in [0.5, 0.6) is 0 Å². The average molecular weight is 411 g/mol. The number of ether oxygens (including phenoxy) is 2. The predicted molar refractivity (Wildman–Crippen MR) is 110 cm³/mol. The van der Waals surface area contributed by atoms with Crippen molar-refractivity contribution in [1.82, 2.24) is 0 Å². The molecule has 0 aromatic rings. The van der Waals surface area contributed by atoms with E-state index < -0.39 is 24.3 Å². The number of hydrogen-bond donors (Lipinski definition) is 2. The SMILES string of the molecule is C#C.C=CC(F)(F)C(O)/C(=C/C)OCC.CC.COC(=C(C)C)C(O)C(C)F. The van der Waals surface area contributed by atoms with Crippen LogP contribution in [-0.2, 0) is 9.47 Å². The lowest BCUT2D eigenvalue weighted by molar-refractivity contribution is -0.0731. The number of rotatable bonds is 8. The van der Waals surface area contributed by atoms with Crippen molar-refractivity contribution in [3.8, 4) is 12.8 Å². The third kappa shape index (κ3) is 14.2. The number of halogens is 3. The molecular weight excluding hydrogens is 373 g/mol. The highest BCUT2D eigenvalue weighted by atomic mass is 19.3. The molecule has 2 N–H and O–H groups in total. The van der Waals surface area contributed by atoms with E-state index in [1.807, 2.05) is 13.8 Å². The Balaban J connectivity index is -0.000000176. The summed E-state index contributed by atoms with van der Waals surface area (Å²) in [5, 5.41) is 18.4. The molecule has 0 rings (SSSR count). The molecule has 0 spiro atoms. The normalized spacial score (nSPS) is 13.5. The number of aliphatic hydroxyl groups is 2. The van der Waals surface area contributed by atoms with Crippen molar-refractivity contribution in [3.63, 3.8) is 0 Å². The summed E-state index contributed by atoms with van der Waals surface area (Å²) in [7, 11) is 1.42. The van der Waals surface area contributed by atoms with Crippen molar-refractivity contribution >= 4 is 0 Å². The first-order chi connectivity index (χ1) is 13.0. The second-order valence-electron chi connectivity index (χ2n) is 5.10. The zero-order valence-corrected chi connectivity index (χ0v) is 18.3. The van der Waals surface area contributed by atoms with Crippen LogP contribution in [0, 0.1) is 12.8 Å². The molecule has 166 valence electrons. The van der Waals surface area contributed by atoms with E-state index in [9.17, 15) is 18.3 Å².